The van der Waals surface area contributed by atoms with Crippen molar-refractivity contribution in [1.82, 2.24) is 0 Å². The zero-order valence-corrected chi connectivity index (χ0v) is 34.3. The fraction of sp³-hybridized carbons (Fsp3) is 0. The molecule has 0 aromatic carbocycles. The molecule has 0 atom stereocenters. The first-order chi connectivity index (χ1) is 18.0. The summed E-state index contributed by atoms with van der Waals surface area (Å²) in [6, 6.07) is 0. The molecule has 0 spiro atoms. The second kappa shape index (κ2) is 3200. The molecule has 0 aromatic heterocycles. The van der Waals surface area contributed by atoms with Gasteiger partial charge >= 0.3 is 119 Å². The molecule has 0 heterocycles. The van der Waals surface area contributed by atoms with Gasteiger partial charge in [0.1, 0.15) is 0 Å². The van der Waals surface area contributed by atoms with E-state index in [1.807, 2.05) is 0 Å². The van der Waals surface area contributed by atoms with Crippen LogP contribution in [0.15, 0.2) is 0 Å². The third-order valence-electron chi connectivity index (χ3n) is 0. The molecule has 0 rings (SSSR count). The minimum absolute atomic E-state index is 0. The van der Waals surface area contributed by atoms with E-state index in [4.69, 9.17) is 213 Å². The Hall–Kier alpha value is -6.10. The van der Waals surface area contributed by atoms with Gasteiger partial charge in [-0.05, 0) is 0 Å². The number of hydrogen-bond donors (Lipinski definition) is 0. The predicted molar refractivity (Wildman–Crippen MR) is 140 cm³/mol. The van der Waals surface area contributed by atoms with Gasteiger partial charge in [0, 0.05) is 0 Å². The Morgan fingerprint density at radius 3 is 0.105 bits per heavy atom. The zero-order chi connectivity index (χ0) is 36.0. The van der Waals surface area contributed by atoms with Crippen LogP contribution in [0.5, 0.6) is 0 Å². The first-order valence-electron chi connectivity index (χ1n) is 4.02. The SMILES string of the molecule is O.O.O.O.O.O.O.O.O.O.O.O.O.O.[C-]#N.[C-]#N.[C-]#N.[C-]#N.[C-]#N.[C-]#N.[C-]#N.[C-]#N.[C-]#N.[C-]#N.[C-]#N.[C-]#N.[C-]#N.[C-]#N.[C-]#N.[C-]#N.[C-]#N.[C-]#N.[Fe+2].[Fe+2].[Fe+2].[Fe+3].[Fe+3].[Fe+3].[Fe+3]. The third-order valence-corrected chi connectivity index (χ3v) is 0. The molecule has 0 saturated carbocycles. The average Bonchev–Trinajstić information content (AvgIpc) is 3.13. The first-order valence-corrected chi connectivity index (χ1v) is 4.02. The van der Waals surface area contributed by atoms with E-state index in [-0.39, 0.29) is 196 Å². The molecule has 0 unspecified atom stereocenters. The quantitative estimate of drug-likeness (QED) is 0.161. The van der Waals surface area contributed by atoms with E-state index < -0.39 is 0 Å². The van der Waals surface area contributed by atoms with Crippen molar-refractivity contribution in [1.29, 1.82) is 94.7 Å². The smallest absolute Gasteiger partial charge is 0.512 e. The third kappa shape index (κ3) is 3070. The van der Waals surface area contributed by atoms with Crippen LogP contribution in [0.4, 0.5) is 0 Å². The Morgan fingerprint density at radius 1 is 0.105 bits per heavy atom. The summed E-state index contributed by atoms with van der Waals surface area (Å²) in [7, 11) is 0. The maximum absolute atomic E-state index is 6.25. The second-order valence-electron chi connectivity index (χ2n) is 0. The van der Waals surface area contributed by atoms with Crippen LogP contribution < -0.4 is 0 Å². The number of hydrogen-bond acceptors (Lipinski definition) is 18. The Bertz CT molecular complexity index is 420. The second-order valence-corrected chi connectivity index (χ2v) is 0. The first kappa shape index (κ1) is 895. The molecule has 0 amide bonds. The van der Waals surface area contributed by atoms with Crippen molar-refractivity contribution in [2.75, 3.05) is 0 Å². The van der Waals surface area contributed by atoms with Gasteiger partial charge in [-0.25, -0.2) is 0 Å². The Morgan fingerprint density at radius 2 is 0.105 bits per heavy atom. The molecule has 330 valence electrons. The zero-order valence-electron chi connectivity index (χ0n) is 26.5. The van der Waals surface area contributed by atoms with Crippen LogP contribution in [-0.4, -0.2) is 76.7 Å². The van der Waals surface area contributed by atoms with Gasteiger partial charge in [0.15, 0.2) is 0 Å². The van der Waals surface area contributed by atoms with Crippen LogP contribution in [0.2, 0.25) is 0 Å². The van der Waals surface area contributed by atoms with E-state index >= 15 is 0 Å². The van der Waals surface area contributed by atoms with Crippen LogP contribution in [0.3, 0.4) is 0 Å². The summed E-state index contributed by atoms with van der Waals surface area (Å²) in [6.45, 7) is 85.5. The Balaban J connectivity index is -0.00000000159. The van der Waals surface area contributed by atoms with Gasteiger partial charge < -0.3 is 290 Å². The van der Waals surface area contributed by atoms with Gasteiger partial charge in [0.2, 0.25) is 0 Å². The van der Waals surface area contributed by atoms with Crippen molar-refractivity contribution in [2.45, 2.75) is 0 Å². The summed E-state index contributed by atoms with van der Waals surface area (Å²) in [6.07, 6.45) is 0. The Kier molecular flexibility index (Phi) is 50300. The maximum atomic E-state index is 6.25. The van der Waals surface area contributed by atoms with Crippen LogP contribution in [0, 0.1) is 213 Å². The van der Waals surface area contributed by atoms with E-state index in [2.05, 4.69) is 0 Å². The van der Waals surface area contributed by atoms with Crippen LogP contribution in [-0.2, 0) is 119 Å². The summed E-state index contributed by atoms with van der Waals surface area (Å²) < 4.78 is 0. The number of nitrogens with zero attached hydrogens (tertiary/aromatic N) is 18. The fourth-order valence-electron chi connectivity index (χ4n) is 0. The summed E-state index contributed by atoms with van der Waals surface area (Å²) in [5, 5.41) is 112. The van der Waals surface area contributed by atoms with Crippen LogP contribution in [0.25, 0.3) is 0 Å². The van der Waals surface area contributed by atoms with E-state index in [1.165, 1.54) is 0 Å². The summed E-state index contributed by atoms with van der Waals surface area (Å²) in [4.78, 5) is 0. The standard InChI is InChI=1S/18CN.7Fe.14H2O/c18*1-2;;;;;;;;;;;;;;;;;;;;;/h;;;;;;;;;;;;;;;;;;;;;;;;;14*1H2/q18*-1;3*+2;4*+3;;;;;;;;;;;;;;. The van der Waals surface area contributed by atoms with E-state index in [0.717, 1.165) is 0 Å². The minimum Gasteiger partial charge on any atom is -0.512 e. The minimum atomic E-state index is 0. The topological polar surface area (TPSA) is 869 Å². The van der Waals surface area contributed by atoms with Crippen molar-refractivity contribution in [3.05, 3.63) is 118 Å². The molecular weight excluding hydrogens is 1080 g/mol. The van der Waals surface area contributed by atoms with Crippen molar-refractivity contribution < 1.29 is 196 Å². The molecule has 39 heteroatoms. The molecule has 4 radical (unpaired) electrons. The van der Waals surface area contributed by atoms with Crippen molar-refractivity contribution >= 4 is 0 Å². The molecule has 28 N–H and O–H groups in total. The molecule has 0 aliphatic carbocycles. The van der Waals surface area contributed by atoms with Crippen LogP contribution in [0.1, 0.15) is 0 Å². The summed E-state index contributed by atoms with van der Waals surface area (Å²) >= 11 is 0. The average molecular weight is 1110 g/mol. The van der Waals surface area contributed by atoms with Gasteiger partial charge in [-0.15, -0.1) is 0 Å². The molecule has 57 heavy (non-hydrogen) atoms. The normalized spacial score (nSPS) is 0.632. The van der Waals surface area contributed by atoms with Crippen molar-refractivity contribution in [3.63, 3.8) is 0 Å². The van der Waals surface area contributed by atoms with Gasteiger partial charge in [-0.2, -0.15) is 0 Å². The van der Waals surface area contributed by atoms with Crippen LogP contribution >= 0.6 is 0 Å². The van der Waals surface area contributed by atoms with Gasteiger partial charge in [0.05, 0.1) is 0 Å². The van der Waals surface area contributed by atoms with E-state index in [9.17, 15) is 0 Å². The predicted octanol–water partition coefficient (Wildman–Crippen LogP) is -9.83. The van der Waals surface area contributed by atoms with E-state index in [1.54, 1.807) is 0 Å². The summed E-state index contributed by atoms with van der Waals surface area (Å²) in [5.74, 6) is 0. The monoisotopic (exact) mass is 1110 g/mol. The van der Waals surface area contributed by atoms with Crippen molar-refractivity contribution in [3.8, 4) is 0 Å². The molecule has 0 aromatic rings. The fourth-order valence-corrected chi connectivity index (χ4v) is 0. The molecular formula is C18H28Fe7N18O14. The molecule has 32 nitrogen and oxygen atoms in total. The van der Waals surface area contributed by atoms with Gasteiger partial charge in [0.25, 0.3) is 0 Å². The molecule has 0 bridgehead atoms. The van der Waals surface area contributed by atoms with Gasteiger partial charge in [-0.1, -0.05) is 0 Å². The molecule has 0 saturated heterocycles. The molecule has 0 aliphatic rings. The van der Waals surface area contributed by atoms with Gasteiger partial charge in [-0.3, -0.25) is 0 Å². The maximum Gasteiger partial charge on any atom is 3.00 e. The summed E-state index contributed by atoms with van der Waals surface area (Å²) in [5.41, 5.74) is 0. The molecule has 0 fully saturated rings. The Labute approximate surface area is 406 Å². The molecule has 0 aliphatic heterocycles. The van der Waals surface area contributed by atoms with Crippen molar-refractivity contribution in [2.24, 2.45) is 0 Å². The number of rotatable bonds is 0. The van der Waals surface area contributed by atoms with E-state index in [0.29, 0.717) is 0 Å². The largest absolute Gasteiger partial charge is 3.00 e.